The number of pyridine rings is 1. The highest BCUT2D eigenvalue weighted by molar-refractivity contribution is 6.42. The Morgan fingerprint density at radius 3 is 2.61 bits per heavy atom. The van der Waals surface area contributed by atoms with E-state index in [1.807, 2.05) is 13.0 Å². The van der Waals surface area contributed by atoms with Crippen molar-refractivity contribution in [1.29, 1.82) is 0 Å². The zero-order valence-corrected chi connectivity index (χ0v) is 11.3. The smallest absolute Gasteiger partial charge is 0.144 e. The molecule has 0 saturated carbocycles. The van der Waals surface area contributed by atoms with E-state index in [-0.39, 0.29) is 0 Å². The second kappa shape index (κ2) is 5.46. The first-order valence-electron chi connectivity index (χ1n) is 5.34. The molecule has 0 saturated heterocycles. The van der Waals surface area contributed by atoms with Gasteiger partial charge in [0.1, 0.15) is 12.4 Å². The lowest BCUT2D eigenvalue weighted by atomic mass is 10.2. The van der Waals surface area contributed by atoms with E-state index in [9.17, 15) is 0 Å². The Morgan fingerprint density at radius 2 is 1.89 bits per heavy atom. The van der Waals surface area contributed by atoms with Crippen molar-refractivity contribution in [3.63, 3.8) is 0 Å². The van der Waals surface area contributed by atoms with Gasteiger partial charge in [-0.3, -0.25) is 4.98 Å². The van der Waals surface area contributed by atoms with Crippen LogP contribution in [-0.2, 0) is 6.61 Å². The number of rotatable bonds is 3. The summed E-state index contributed by atoms with van der Waals surface area (Å²) in [5, 5.41) is 0.835. The minimum Gasteiger partial charge on any atom is -0.487 e. The molecule has 0 fully saturated rings. The Labute approximate surface area is 115 Å². The van der Waals surface area contributed by atoms with Gasteiger partial charge in [0.05, 0.1) is 15.7 Å². The lowest BCUT2D eigenvalue weighted by molar-refractivity contribution is 0.307. The van der Waals surface area contributed by atoms with Crippen LogP contribution < -0.4 is 10.5 Å². The summed E-state index contributed by atoms with van der Waals surface area (Å²) in [6, 6.07) is 5.19. The first-order valence-corrected chi connectivity index (χ1v) is 6.09. The fraction of sp³-hybridized carbons (Fsp3) is 0.154. The average Bonchev–Trinajstić information content (AvgIpc) is 2.32. The number of benzene rings is 1. The zero-order valence-electron chi connectivity index (χ0n) is 9.78. The number of anilines is 1. The van der Waals surface area contributed by atoms with Crippen LogP contribution in [-0.4, -0.2) is 4.98 Å². The number of hydrogen-bond donors (Lipinski definition) is 1. The third-order valence-electron chi connectivity index (χ3n) is 2.38. The zero-order chi connectivity index (χ0) is 13.1. The maximum absolute atomic E-state index is 5.91. The number of nitrogens with two attached hydrogens (primary N) is 1. The second-order valence-corrected chi connectivity index (χ2v) is 4.78. The van der Waals surface area contributed by atoms with Crippen molar-refractivity contribution in [3.05, 3.63) is 51.8 Å². The molecule has 0 bridgehead atoms. The molecule has 5 heteroatoms. The van der Waals surface area contributed by atoms with Crippen LogP contribution in [0.4, 0.5) is 5.69 Å². The number of halogens is 2. The third kappa shape index (κ3) is 3.06. The highest BCUT2D eigenvalue weighted by atomic mass is 35.5. The Balaban J connectivity index is 2.13. The van der Waals surface area contributed by atoms with Crippen molar-refractivity contribution < 1.29 is 4.74 Å². The van der Waals surface area contributed by atoms with Crippen LogP contribution >= 0.6 is 23.2 Å². The molecular weight excluding hydrogens is 271 g/mol. The molecule has 0 atom stereocenters. The Morgan fingerprint density at radius 1 is 1.17 bits per heavy atom. The van der Waals surface area contributed by atoms with E-state index in [4.69, 9.17) is 33.7 Å². The molecule has 0 amide bonds. The SMILES string of the molecule is Cc1cncc(COc2cc(Cl)c(Cl)cc2N)c1. The molecular formula is C13H12Cl2N2O. The van der Waals surface area contributed by atoms with Crippen LogP contribution in [0.2, 0.25) is 10.0 Å². The molecule has 18 heavy (non-hydrogen) atoms. The molecule has 0 aliphatic carbocycles. The first-order chi connectivity index (χ1) is 8.56. The second-order valence-electron chi connectivity index (χ2n) is 3.96. The van der Waals surface area contributed by atoms with Crippen molar-refractivity contribution in [1.82, 2.24) is 4.98 Å². The quantitative estimate of drug-likeness (QED) is 0.870. The van der Waals surface area contributed by atoms with E-state index >= 15 is 0 Å². The first kappa shape index (κ1) is 13.0. The molecule has 94 valence electrons. The molecule has 2 aromatic rings. The normalized spacial score (nSPS) is 10.4. The van der Waals surface area contributed by atoms with E-state index < -0.39 is 0 Å². The molecule has 3 nitrogen and oxygen atoms in total. The van der Waals surface area contributed by atoms with Crippen LogP contribution in [0.1, 0.15) is 11.1 Å². The molecule has 1 aromatic carbocycles. The molecule has 2 rings (SSSR count). The summed E-state index contributed by atoms with van der Waals surface area (Å²) >= 11 is 11.8. The Hall–Kier alpha value is -1.45. The van der Waals surface area contributed by atoms with Gasteiger partial charge in [0.25, 0.3) is 0 Å². The van der Waals surface area contributed by atoms with E-state index in [2.05, 4.69) is 4.98 Å². The standard InChI is InChI=1S/C13H12Cl2N2O/c1-8-2-9(6-17-5-8)7-18-13-4-11(15)10(14)3-12(13)16/h2-6H,7,16H2,1H3. The van der Waals surface area contributed by atoms with Crippen LogP contribution in [0.15, 0.2) is 30.6 Å². The maximum Gasteiger partial charge on any atom is 0.144 e. The molecule has 1 heterocycles. The van der Waals surface area contributed by atoms with Gasteiger partial charge in [-0.15, -0.1) is 0 Å². The van der Waals surface area contributed by atoms with Gasteiger partial charge in [0.2, 0.25) is 0 Å². The summed E-state index contributed by atoms with van der Waals surface area (Å²) in [7, 11) is 0. The van der Waals surface area contributed by atoms with Gasteiger partial charge in [0.15, 0.2) is 0 Å². The van der Waals surface area contributed by atoms with Gasteiger partial charge in [-0.2, -0.15) is 0 Å². The maximum atomic E-state index is 5.91. The van der Waals surface area contributed by atoms with E-state index in [0.29, 0.717) is 28.1 Å². The fourth-order valence-electron chi connectivity index (χ4n) is 1.53. The fourth-order valence-corrected chi connectivity index (χ4v) is 1.85. The van der Waals surface area contributed by atoms with Gasteiger partial charge in [-0.05, 0) is 24.6 Å². The van der Waals surface area contributed by atoms with E-state index in [1.54, 1.807) is 24.5 Å². The predicted molar refractivity (Wildman–Crippen MR) is 74.2 cm³/mol. The van der Waals surface area contributed by atoms with Crippen molar-refractivity contribution >= 4 is 28.9 Å². The van der Waals surface area contributed by atoms with Gasteiger partial charge in [-0.25, -0.2) is 0 Å². The molecule has 0 spiro atoms. The largest absolute Gasteiger partial charge is 0.487 e. The van der Waals surface area contributed by atoms with E-state index in [1.165, 1.54) is 0 Å². The summed E-state index contributed by atoms with van der Waals surface area (Å²) in [5.41, 5.74) is 8.32. The molecule has 0 radical (unpaired) electrons. The highest BCUT2D eigenvalue weighted by Gasteiger charge is 2.06. The van der Waals surface area contributed by atoms with Crippen molar-refractivity contribution in [2.45, 2.75) is 13.5 Å². The lowest BCUT2D eigenvalue weighted by Gasteiger charge is -2.10. The third-order valence-corrected chi connectivity index (χ3v) is 3.10. The topological polar surface area (TPSA) is 48.1 Å². The molecule has 1 aromatic heterocycles. The van der Waals surface area contributed by atoms with E-state index in [0.717, 1.165) is 11.1 Å². The number of nitrogens with zero attached hydrogens (tertiary/aromatic N) is 1. The molecule has 0 aliphatic rings. The minimum atomic E-state index is 0.386. The number of hydrogen-bond acceptors (Lipinski definition) is 3. The molecule has 0 aliphatic heterocycles. The number of ether oxygens (including phenoxy) is 1. The van der Waals surface area contributed by atoms with Crippen LogP contribution in [0, 0.1) is 6.92 Å². The van der Waals surface area contributed by atoms with Crippen molar-refractivity contribution in [2.75, 3.05) is 5.73 Å². The number of nitrogen functional groups attached to an aromatic ring is 1. The van der Waals surface area contributed by atoms with Gasteiger partial charge >= 0.3 is 0 Å². The van der Waals surface area contributed by atoms with Crippen molar-refractivity contribution in [2.24, 2.45) is 0 Å². The van der Waals surface area contributed by atoms with Gasteiger partial charge in [-0.1, -0.05) is 23.2 Å². The van der Waals surface area contributed by atoms with Crippen LogP contribution in [0.5, 0.6) is 5.75 Å². The summed E-state index contributed by atoms with van der Waals surface area (Å²) in [6.07, 6.45) is 3.54. The monoisotopic (exact) mass is 282 g/mol. The summed E-state index contributed by atoms with van der Waals surface area (Å²) < 4.78 is 5.61. The predicted octanol–water partition coefficient (Wildman–Crippen LogP) is 3.86. The number of aryl methyl sites for hydroxylation is 1. The summed E-state index contributed by atoms with van der Waals surface area (Å²) in [5.74, 6) is 0.519. The van der Waals surface area contributed by atoms with Crippen molar-refractivity contribution in [3.8, 4) is 5.75 Å². The Kier molecular flexibility index (Phi) is 3.94. The van der Waals surface area contributed by atoms with Crippen LogP contribution in [0.25, 0.3) is 0 Å². The number of aromatic nitrogens is 1. The van der Waals surface area contributed by atoms with Gasteiger partial charge in [0, 0.05) is 24.0 Å². The lowest BCUT2D eigenvalue weighted by Crippen LogP contribution is -1.99. The highest BCUT2D eigenvalue weighted by Crippen LogP contribution is 2.32. The molecule has 2 N–H and O–H groups in total. The average molecular weight is 283 g/mol. The minimum absolute atomic E-state index is 0.386. The summed E-state index contributed by atoms with van der Waals surface area (Å²) in [6.45, 7) is 2.36. The summed E-state index contributed by atoms with van der Waals surface area (Å²) in [4.78, 5) is 4.09. The molecule has 0 unspecified atom stereocenters. The van der Waals surface area contributed by atoms with Crippen LogP contribution in [0.3, 0.4) is 0 Å². The Bertz CT molecular complexity index is 573. The van der Waals surface area contributed by atoms with Gasteiger partial charge < -0.3 is 10.5 Å².